The Morgan fingerprint density at radius 2 is 1.71 bits per heavy atom. The quantitative estimate of drug-likeness (QED) is 0.561. The van der Waals surface area contributed by atoms with Gasteiger partial charge in [-0.25, -0.2) is 13.2 Å². The molecule has 2 heterocycles. The summed E-state index contributed by atoms with van der Waals surface area (Å²) in [5.74, 6) is 0.551. The molecule has 0 N–H and O–H groups in total. The minimum absolute atomic E-state index is 0.130. The van der Waals surface area contributed by atoms with E-state index in [9.17, 15) is 18.0 Å². The minimum atomic E-state index is -3.74. The van der Waals surface area contributed by atoms with Crippen molar-refractivity contribution in [1.29, 1.82) is 0 Å². The molecular weight excluding hydrogens is 464 g/mol. The number of rotatable bonds is 6. The second-order valence-corrected chi connectivity index (χ2v) is 9.69. The number of sulfonamides is 1. The molecule has 11 heteroatoms. The van der Waals surface area contributed by atoms with Gasteiger partial charge in [-0.3, -0.25) is 4.79 Å². The van der Waals surface area contributed by atoms with E-state index in [1.54, 1.807) is 29.2 Å². The number of amides is 1. The number of esters is 1. The lowest BCUT2D eigenvalue weighted by molar-refractivity contribution is -0.134. The lowest BCUT2D eigenvalue weighted by Gasteiger charge is -2.34. The van der Waals surface area contributed by atoms with Crippen LogP contribution in [0.25, 0.3) is 0 Å². The van der Waals surface area contributed by atoms with Crippen molar-refractivity contribution in [3.63, 3.8) is 0 Å². The highest BCUT2D eigenvalue weighted by atomic mass is 32.2. The summed E-state index contributed by atoms with van der Waals surface area (Å²) in [7, 11) is -2.46. The zero-order valence-electron chi connectivity index (χ0n) is 18.8. The number of carbonyl (C=O) groups excluding carboxylic acids is 2. The van der Waals surface area contributed by atoms with Gasteiger partial charge >= 0.3 is 5.97 Å². The second kappa shape index (κ2) is 10.3. The number of carbonyl (C=O) groups is 2. The Kier molecular flexibility index (Phi) is 7.23. The van der Waals surface area contributed by atoms with Crippen molar-refractivity contribution >= 4 is 21.9 Å². The Hall–Kier alpha value is -3.31. The maximum Gasteiger partial charge on any atom is 0.337 e. The first-order chi connectivity index (χ1) is 16.4. The van der Waals surface area contributed by atoms with Gasteiger partial charge in [0.1, 0.15) is 5.75 Å². The normalized spacial score (nSPS) is 16.4. The van der Waals surface area contributed by atoms with Gasteiger partial charge in [-0.15, -0.1) is 0 Å². The smallest absolute Gasteiger partial charge is 0.337 e. The van der Waals surface area contributed by atoms with Crippen molar-refractivity contribution in [2.45, 2.75) is 11.3 Å². The van der Waals surface area contributed by atoms with Crippen molar-refractivity contribution in [2.24, 2.45) is 0 Å². The Balaban J connectivity index is 1.33. The zero-order chi connectivity index (χ0) is 24.1. The number of piperazine rings is 1. The van der Waals surface area contributed by atoms with E-state index in [0.717, 1.165) is 6.42 Å². The van der Waals surface area contributed by atoms with Crippen LogP contribution in [0.15, 0.2) is 47.4 Å². The Morgan fingerprint density at radius 3 is 2.44 bits per heavy atom. The number of benzene rings is 2. The fourth-order valence-corrected chi connectivity index (χ4v) is 5.14. The number of hydrogen-bond donors (Lipinski definition) is 0. The van der Waals surface area contributed by atoms with Crippen LogP contribution >= 0.6 is 0 Å². The molecule has 0 spiro atoms. The SMILES string of the molecule is COC(=O)c1cccc(OCC(=O)N2CCN(S(=O)(=O)c3ccc4c(c3)OCCCO4)CC2)c1. The molecule has 2 aliphatic rings. The molecular formula is C23H26N2O8S. The van der Waals surface area contributed by atoms with E-state index < -0.39 is 16.0 Å². The molecule has 0 radical (unpaired) electrons. The summed E-state index contributed by atoms with van der Waals surface area (Å²) in [5, 5.41) is 0. The number of fused-ring (bicyclic) bond motifs is 1. The largest absolute Gasteiger partial charge is 0.490 e. The van der Waals surface area contributed by atoms with Crippen LogP contribution in [-0.4, -0.2) is 82.6 Å². The molecule has 1 fully saturated rings. The number of hydrogen-bond acceptors (Lipinski definition) is 8. The summed E-state index contributed by atoms with van der Waals surface area (Å²) in [5.41, 5.74) is 0.320. The van der Waals surface area contributed by atoms with Crippen LogP contribution in [0.5, 0.6) is 17.2 Å². The first-order valence-electron chi connectivity index (χ1n) is 10.9. The first kappa shape index (κ1) is 23.8. The molecule has 2 aromatic rings. The molecule has 10 nitrogen and oxygen atoms in total. The number of nitrogens with zero attached hydrogens (tertiary/aromatic N) is 2. The highest BCUT2D eigenvalue weighted by Gasteiger charge is 2.31. The Bertz CT molecular complexity index is 1160. The predicted octanol–water partition coefficient (Wildman–Crippen LogP) is 1.55. The van der Waals surface area contributed by atoms with Crippen LogP contribution < -0.4 is 14.2 Å². The van der Waals surface area contributed by atoms with Gasteiger partial charge in [-0.2, -0.15) is 4.31 Å². The van der Waals surface area contributed by atoms with Gasteiger partial charge in [-0.05, 0) is 30.3 Å². The third-order valence-corrected chi connectivity index (χ3v) is 7.46. The van der Waals surface area contributed by atoms with Crippen LogP contribution in [0.3, 0.4) is 0 Å². The van der Waals surface area contributed by atoms with Crippen molar-refractivity contribution < 1.29 is 37.0 Å². The van der Waals surface area contributed by atoms with Gasteiger partial charge < -0.3 is 23.8 Å². The van der Waals surface area contributed by atoms with Crippen molar-refractivity contribution in [3.05, 3.63) is 48.0 Å². The fourth-order valence-electron chi connectivity index (χ4n) is 3.70. The molecule has 0 saturated carbocycles. The van der Waals surface area contributed by atoms with Crippen molar-refractivity contribution in [1.82, 2.24) is 9.21 Å². The Morgan fingerprint density at radius 1 is 0.971 bits per heavy atom. The summed E-state index contributed by atoms with van der Waals surface area (Å²) < 4.78 is 49.0. The average Bonchev–Trinajstić information content (AvgIpc) is 3.12. The van der Waals surface area contributed by atoms with Crippen molar-refractivity contribution in [3.8, 4) is 17.2 Å². The molecule has 0 aliphatic carbocycles. The summed E-state index contributed by atoms with van der Waals surface area (Å²) >= 11 is 0. The molecule has 0 aromatic heterocycles. The van der Waals surface area contributed by atoms with E-state index in [1.807, 2.05) is 0 Å². The molecule has 1 amide bonds. The van der Waals surface area contributed by atoms with Crippen LogP contribution in [-0.2, 0) is 19.6 Å². The van der Waals surface area contributed by atoms with E-state index >= 15 is 0 Å². The number of ether oxygens (including phenoxy) is 4. The molecule has 4 rings (SSSR count). The summed E-state index contributed by atoms with van der Waals surface area (Å²) in [6.45, 7) is 1.59. The van der Waals surface area contributed by atoms with Gasteiger partial charge in [0, 0.05) is 38.7 Å². The van der Waals surface area contributed by atoms with E-state index in [-0.39, 0.29) is 43.6 Å². The van der Waals surface area contributed by atoms with Crippen LogP contribution in [0.2, 0.25) is 0 Å². The second-order valence-electron chi connectivity index (χ2n) is 7.75. The lowest BCUT2D eigenvalue weighted by Crippen LogP contribution is -2.51. The maximum absolute atomic E-state index is 13.1. The number of methoxy groups -OCH3 is 1. The predicted molar refractivity (Wildman–Crippen MR) is 121 cm³/mol. The third-order valence-electron chi connectivity index (χ3n) is 5.57. The average molecular weight is 491 g/mol. The van der Waals surface area contributed by atoms with Gasteiger partial charge in [0.25, 0.3) is 5.91 Å². The summed E-state index contributed by atoms with van der Waals surface area (Å²) in [4.78, 5) is 25.9. The molecule has 182 valence electrons. The van der Waals surface area contributed by atoms with E-state index in [1.165, 1.54) is 29.6 Å². The topological polar surface area (TPSA) is 112 Å². The van der Waals surface area contributed by atoms with Gasteiger partial charge in [-0.1, -0.05) is 6.07 Å². The fraction of sp³-hybridized carbons (Fsp3) is 0.391. The lowest BCUT2D eigenvalue weighted by atomic mass is 10.2. The van der Waals surface area contributed by atoms with Crippen LogP contribution in [0.1, 0.15) is 16.8 Å². The van der Waals surface area contributed by atoms with Gasteiger partial charge in [0.2, 0.25) is 10.0 Å². The third kappa shape index (κ3) is 5.26. The highest BCUT2D eigenvalue weighted by molar-refractivity contribution is 7.89. The Labute approximate surface area is 198 Å². The van der Waals surface area contributed by atoms with E-state index in [4.69, 9.17) is 14.2 Å². The molecule has 0 bridgehead atoms. The molecule has 0 atom stereocenters. The van der Waals surface area contributed by atoms with Gasteiger partial charge in [0.05, 0.1) is 30.8 Å². The molecule has 0 unspecified atom stereocenters. The van der Waals surface area contributed by atoms with Crippen LogP contribution in [0, 0.1) is 0 Å². The van der Waals surface area contributed by atoms with Gasteiger partial charge in [0.15, 0.2) is 18.1 Å². The summed E-state index contributed by atoms with van der Waals surface area (Å²) in [6.07, 6.45) is 0.729. The van der Waals surface area contributed by atoms with E-state index in [0.29, 0.717) is 36.0 Å². The van der Waals surface area contributed by atoms with E-state index in [2.05, 4.69) is 4.74 Å². The maximum atomic E-state index is 13.1. The highest BCUT2D eigenvalue weighted by Crippen LogP contribution is 2.33. The molecule has 2 aliphatic heterocycles. The molecule has 2 aromatic carbocycles. The van der Waals surface area contributed by atoms with Crippen molar-refractivity contribution in [2.75, 3.05) is 53.1 Å². The monoisotopic (exact) mass is 490 g/mol. The standard InChI is InChI=1S/C23H26N2O8S/c1-30-23(27)17-4-2-5-18(14-17)33-16-22(26)24-8-10-25(11-9-24)34(28,29)19-6-7-20-21(15-19)32-13-3-12-31-20/h2,4-7,14-15H,3,8-13,16H2,1H3. The molecule has 1 saturated heterocycles. The van der Waals surface area contributed by atoms with Crippen LogP contribution in [0.4, 0.5) is 0 Å². The minimum Gasteiger partial charge on any atom is -0.490 e. The molecule has 34 heavy (non-hydrogen) atoms. The first-order valence-corrected chi connectivity index (χ1v) is 12.3. The zero-order valence-corrected chi connectivity index (χ0v) is 19.6. The summed E-state index contributed by atoms with van der Waals surface area (Å²) in [6, 6.07) is 11.0.